The zero-order valence-corrected chi connectivity index (χ0v) is 16.8. The van der Waals surface area contributed by atoms with Crippen LogP contribution in [-0.2, 0) is 6.42 Å². The Balaban J connectivity index is 0.00000338. The monoisotopic (exact) mass is 381 g/mol. The third-order valence-corrected chi connectivity index (χ3v) is 3.47. The maximum absolute atomic E-state index is 12.4. The molecule has 2 rings (SSSR count). The van der Waals surface area contributed by atoms with E-state index in [-0.39, 0.29) is 24.4 Å². The lowest BCUT2D eigenvalue weighted by molar-refractivity contribution is 0.0940. The number of ether oxygens (including phenoxy) is 1. The summed E-state index contributed by atoms with van der Waals surface area (Å²) >= 11 is 0. The Morgan fingerprint density at radius 3 is 2.42 bits per heavy atom. The summed E-state index contributed by atoms with van der Waals surface area (Å²) in [7, 11) is 0. The van der Waals surface area contributed by atoms with Gasteiger partial charge in [-0.3, -0.25) is 4.79 Å². The van der Waals surface area contributed by atoms with Crippen LogP contribution in [0.25, 0.3) is 5.69 Å². The molecule has 0 aliphatic heterocycles. The quantitative estimate of drug-likeness (QED) is 0.768. The van der Waals surface area contributed by atoms with Crippen LogP contribution >= 0.6 is 12.4 Å². The van der Waals surface area contributed by atoms with Crippen LogP contribution in [0, 0.1) is 0 Å². The van der Waals surface area contributed by atoms with E-state index in [1.54, 1.807) is 4.68 Å². The number of hydrogen-bond acceptors (Lipinski definition) is 5. The molecular formula is C18H28ClN5O2. The Kier molecular flexibility index (Phi) is 7.59. The average Bonchev–Trinajstić information content (AvgIpc) is 2.96. The molecule has 2 aromatic rings. The molecule has 0 atom stereocenters. The van der Waals surface area contributed by atoms with Gasteiger partial charge in [0, 0.05) is 12.1 Å². The van der Waals surface area contributed by atoms with Crippen molar-refractivity contribution in [3.8, 4) is 11.4 Å². The number of nitrogens with one attached hydrogen (secondary N) is 1. The molecule has 0 spiro atoms. The minimum absolute atomic E-state index is 0. The second-order valence-corrected chi connectivity index (χ2v) is 6.98. The Morgan fingerprint density at radius 2 is 1.92 bits per heavy atom. The molecule has 0 saturated carbocycles. The number of carbonyl (C=O) groups excluding carboxylic acids is 1. The van der Waals surface area contributed by atoms with Crippen molar-refractivity contribution in [1.82, 2.24) is 20.3 Å². The van der Waals surface area contributed by atoms with E-state index < -0.39 is 5.54 Å². The third-order valence-electron chi connectivity index (χ3n) is 3.47. The van der Waals surface area contributed by atoms with E-state index in [2.05, 4.69) is 15.6 Å². The van der Waals surface area contributed by atoms with Crippen LogP contribution in [-0.4, -0.2) is 39.1 Å². The number of benzene rings is 1. The normalized spacial score (nSPS) is 11.2. The minimum Gasteiger partial charge on any atom is -0.491 e. The highest BCUT2D eigenvalue weighted by molar-refractivity contribution is 5.93. The predicted octanol–water partition coefficient (Wildman–Crippen LogP) is 2.51. The van der Waals surface area contributed by atoms with Gasteiger partial charge in [0.25, 0.3) is 5.91 Å². The number of halogens is 1. The number of aromatic nitrogens is 3. The van der Waals surface area contributed by atoms with Crippen LogP contribution in [0.5, 0.6) is 5.75 Å². The minimum atomic E-state index is -0.482. The fourth-order valence-corrected chi connectivity index (χ4v) is 2.33. The molecular weight excluding hydrogens is 354 g/mol. The predicted molar refractivity (Wildman–Crippen MR) is 104 cm³/mol. The summed E-state index contributed by atoms with van der Waals surface area (Å²) in [6, 6.07) is 7.56. The van der Waals surface area contributed by atoms with E-state index in [1.165, 1.54) is 0 Å². The number of nitrogens with two attached hydrogens (primary N) is 1. The largest absolute Gasteiger partial charge is 0.491 e. The van der Waals surface area contributed by atoms with Gasteiger partial charge in [-0.2, -0.15) is 0 Å². The van der Waals surface area contributed by atoms with Gasteiger partial charge in [0.2, 0.25) is 0 Å². The van der Waals surface area contributed by atoms with Crippen LogP contribution in [0.4, 0.5) is 0 Å². The molecule has 0 aliphatic carbocycles. The van der Waals surface area contributed by atoms with Crippen molar-refractivity contribution in [3.05, 3.63) is 35.7 Å². The lowest BCUT2D eigenvalue weighted by Crippen LogP contribution is -2.45. The standard InChI is InChI=1S/C18H27N5O2.ClH/c1-6-15-16(17(24)20-11-18(4,5)19)21-22-23(15)13-7-9-14(10-8-13)25-12(2)3;/h7-10,12H,6,11,19H2,1-5H3,(H,20,24);1H. The van der Waals surface area contributed by atoms with E-state index in [0.29, 0.717) is 18.7 Å². The van der Waals surface area contributed by atoms with Crippen molar-refractivity contribution in [1.29, 1.82) is 0 Å². The maximum Gasteiger partial charge on any atom is 0.273 e. The Bertz CT molecular complexity index is 720. The first-order valence-electron chi connectivity index (χ1n) is 8.50. The number of carbonyl (C=O) groups is 1. The summed E-state index contributed by atoms with van der Waals surface area (Å²) in [5.41, 5.74) is 7.34. The van der Waals surface area contributed by atoms with Gasteiger partial charge in [-0.05, 0) is 58.4 Å². The second-order valence-electron chi connectivity index (χ2n) is 6.98. The number of nitrogens with zero attached hydrogens (tertiary/aromatic N) is 3. The molecule has 0 saturated heterocycles. The van der Waals surface area contributed by atoms with Gasteiger partial charge in [-0.15, -0.1) is 17.5 Å². The van der Waals surface area contributed by atoms with Crippen LogP contribution < -0.4 is 15.8 Å². The fourth-order valence-electron chi connectivity index (χ4n) is 2.33. The highest BCUT2D eigenvalue weighted by atomic mass is 35.5. The molecule has 0 fully saturated rings. The molecule has 1 aromatic heterocycles. The average molecular weight is 382 g/mol. The Morgan fingerprint density at radius 1 is 1.31 bits per heavy atom. The lowest BCUT2D eigenvalue weighted by Gasteiger charge is -2.18. The first-order valence-corrected chi connectivity index (χ1v) is 8.50. The summed E-state index contributed by atoms with van der Waals surface area (Å²) in [6.07, 6.45) is 0.747. The van der Waals surface area contributed by atoms with Crippen LogP contribution in [0.15, 0.2) is 24.3 Å². The lowest BCUT2D eigenvalue weighted by atomic mass is 10.1. The van der Waals surface area contributed by atoms with E-state index in [9.17, 15) is 4.79 Å². The number of amides is 1. The summed E-state index contributed by atoms with van der Waals surface area (Å²) < 4.78 is 7.33. The molecule has 8 heteroatoms. The van der Waals surface area contributed by atoms with Crippen molar-refractivity contribution in [2.24, 2.45) is 5.73 Å². The first-order chi connectivity index (χ1) is 11.7. The van der Waals surface area contributed by atoms with Crippen LogP contribution in [0.3, 0.4) is 0 Å². The molecule has 0 bridgehead atoms. The number of hydrogen-bond donors (Lipinski definition) is 2. The van der Waals surface area contributed by atoms with Crippen molar-refractivity contribution >= 4 is 18.3 Å². The Hall–Kier alpha value is -2.12. The molecule has 0 aliphatic rings. The Labute approximate surface area is 160 Å². The molecule has 0 radical (unpaired) electrons. The summed E-state index contributed by atoms with van der Waals surface area (Å²) in [5, 5.41) is 11.0. The molecule has 0 unspecified atom stereocenters. The topological polar surface area (TPSA) is 95.1 Å². The molecule has 7 nitrogen and oxygen atoms in total. The van der Waals surface area contributed by atoms with Crippen LogP contribution in [0.1, 0.15) is 50.8 Å². The zero-order valence-electron chi connectivity index (χ0n) is 15.9. The van der Waals surface area contributed by atoms with Gasteiger partial charge in [0.15, 0.2) is 5.69 Å². The SMILES string of the molecule is CCc1c(C(=O)NCC(C)(C)N)nnn1-c1ccc(OC(C)C)cc1.Cl. The van der Waals surface area contributed by atoms with E-state index >= 15 is 0 Å². The second kappa shape index (κ2) is 9.00. The van der Waals surface area contributed by atoms with Gasteiger partial charge in [-0.1, -0.05) is 12.1 Å². The van der Waals surface area contributed by atoms with Gasteiger partial charge in [-0.25, -0.2) is 4.68 Å². The molecule has 1 amide bonds. The van der Waals surface area contributed by atoms with Gasteiger partial charge in [0.1, 0.15) is 5.75 Å². The third kappa shape index (κ3) is 5.71. The van der Waals surface area contributed by atoms with Crippen LogP contribution in [0.2, 0.25) is 0 Å². The fraction of sp³-hybridized carbons (Fsp3) is 0.500. The molecule has 26 heavy (non-hydrogen) atoms. The smallest absolute Gasteiger partial charge is 0.273 e. The summed E-state index contributed by atoms with van der Waals surface area (Å²) in [4.78, 5) is 12.4. The van der Waals surface area contributed by atoms with Crippen molar-refractivity contribution in [2.45, 2.75) is 52.7 Å². The molecule has 1 aromatic carbocycles. The number of rotatable bonds is 7. The highest BCUT2D eigenvalue weighted by Gasteiger charge is 2.21. The van der Waals surface area contributed by atoms with E-state index in [1.807, 2.05) is 58.9 Å². The molecule has 144 valence electrons. The maximum atomic E-state index is 12.4. The van der Waals surface area contributed by atoms with Crippen molar-refractivity contribution in [3.63, 3.8) is 0 Å². The van der Waals surface area contributed by atoms with E-state index in [4.69, 9.17) is 10.5 Å². The van der Waals surface area contributed by atoms with Crippen molar-refractivity contribution in [2.75, 3.05) is 6.54 Å². The summed E-state index contributed by atoms with van der Waals surface area (Å²) in [6.45, 7) is 10.00. The van der Waals surface area contributed by atoms with E-state index in [0.717, 1.165) is 17.1 Å². The molecule has 1 heterocycles. The molecule has 3 N–H and O–H groups in total. The van der Waals surface area contributed by atoms with Crippen molar-refractivity contribution < 1.29 is 9.53 Å². The summed E-state index contributed by atoms with van der Waals surface area (Å²) in [5.74, 6) is 0.529. The van der Waals surface area contributed by atoms with Gasteiger partial charge >= 0.3 is 0 Å². The highest BCUT2D eigenvalue weighted by Crippen LogP contribution is 2.19. The van der Waals surface area contributed by atoms with Gasteiger partial charge < -0.3 is 15.8 Å². The zero-order chi connectivity index (χ0) is 18.6. The first kappa shape index (κ1) is 21.9. The van der Waals surface area contributed by atoms with Gasteiger partial charge in [0.05, 0.1) is 17.5 Å².